The van der Waals surface area contributed by atoms with Gasteiger partial charge in [0.25, 0.3) is 0 Å². The summed E-state index contributed by atoms with van der Waals surface area (Å²) in [5.41, 5.74) is 3.77. The van der Waals surface area contributed by atoms with Crippen molar-refractivity contribution in [1.29, 1.82) is 0 Å². The fraction of sp³-hybridized carbons (Fsp3) is 0.571. The molecule has 1 aliphatic heterocycles. The molecule has 3 rings (SSSR count). The number of benzene rings is 1. The normalized spacial score (nSPS) is 26.4. The Morgan fingerprint density at radius 2 is 2.10 bits per heavy atom. The predicted molar refractivity (Wildman–Crippen MR) is 76.9 cm³/mol. The number of nitrogens with one attached hydrogen (secondary N) is 1. The largest absolute Gasteiger partial charge is 0.490 e. The predicted octanol–water partition coefficient (Wildman–Crippen LogP) is 1.17. The monoisotopic (exact) mass is 296 g/mol. The first-order valence-corrected chi connectivity index (χ1v) is 8.83. The highest BCUT2D eigenvalue weighted by Gasteiger charge is 2.34. The molecule has 2 atom stereocenters. The van der Waals surface area contributed by atoms with Gasteiger partial charge in [-0.2, -0.15) is 0 Å². The van der Waals surface area contributed by atoms with E-state index in [0.717, 1.165) is 24.2 Å². The van der Waals surface area contributed by atoms with Crippen LogP contribution in [0.2, 0.25) is 0 Å². The molecular formula is C14H20N2O3S. The summed E-state index contributed by atoms with van der Waals surface area (Å²) in [6.45, 7) is 0. The highest BCUT2D eigenvalue weighted by Crippen LogP contribution is 2.33. The summed E-state index contributed by atoms with van der Waals surface area (Å²) < 4.78 is 29.0. The van der Waals surface area contributed by atoms with Crippen LogP contribution < -0.4 is 16.0 Å². The molecule has 0 amide bonds. The number of rotatable bonds is 5. The number of sulfone groups is 1. The molecule has 0 aromatic heterocycles. The first kappa shape index (κ1) is 13.9. The van der Waals surface area contributed by atoms with Crippen molar-refractivity contribution in [1.82, 2.24) is 5.43 Å². The van der Waals surface area contributed by atoms with Crippen LogP contribution in [0.4, 0.5) is 0 Å². The molecule has 1 heterocycles. The van der Waals surface area contributed by atoms with Crippen molar-refractivity contribution < 1.29 is 13.2 Å². The molecule has 6 heteroatoms. The molecule has 5 nitrogen and oxygen atoms in total. The Morgan fingerprint density at radius 3 is 2.70 bits per heavy atom. The van der Waals surface area contributed by atoms with Crippen LogP contribution >= 0.6 is 0 Å². The summed E-state index contributed by atoms with van der Waals surface area (Å²) in [5, 5.41) is 0. The second kappa shape index (κ2) is 5.35. The van der Waals surface area contributed by atoms with Gasteiger partial charge in [0.1, 0.15) is 5.75 Å². The first-order chi connectivity index (χ1) is 9.57. The first-order valence-electron chi connectivity index (χ1n) is 7.00. The van der Waals surface area contributed by atoms with Gasteiger partial charge in [-0.25, -0.2) is 8.42 Å². The summed E-state index contributed by atoms with van der Waals surface area (Å²) in [5.74, 6) is 6.98. The Bertz CT molecular complexity index is 584. The van der Waals surface area contributed by atoms with E-state index in [9.17, 15) is 8.42 Å². The van der Waals surface area contributed by atoms with Gasteiger partial charge >= 0.3 is 0 Å². The van der Waals surface area contributed by atoms with Crippen LogP contribution in [0.3, 0.4) is 0 Å². The molecule has 1 saturated heterocycles. The van der Waals surface area contributed by atoms with Crippen LogP contribution in [0, 0.1) is 5.92 Å². The highest BCUT2D eigenvalue weighted by atomic mass is 32.2. The second-order valence-electron chi connectivity index (χ2n) is 5.70. The van der Waals surface area contributed by atoms with Gasteiger partial charge in [0.2, 0.25) is 0 Å². The van der Waals surface area contributed by atoms with E-state index >= 15 is 0 Å². The molecule has 1 aromatic carbocycles. The Hall–Kier alpha value is -1.11. The van der Waals surface area contributed by atoms with E-state index in [1.807, 2.05) is 24.3 Å². The third-order valence-corrected chi connectivity index (χ3v) is 5.76. The third-order valence-electron chi connectivity index (χ3n) is 3.96. The van der Waals surface area contributed by atoms with Crippen LogP contribution in [0.25, 0.3) is 0 Å². The van der Waals surface area contributed by atoms with Gasteiger partial charge in [-0.1, -0.05) is 12.1 Å². The van der Waals surface area contributed by atoms with Gasteiger partial charge in [0.05, 0.1) is 17.6 Å². The van der Waals surface area contributed by atoms with Gasteiger partial charge < -0.3 is 4.74 Å². The summed E-state index contributed by atoms with van der Waals surface area (Å²) >= 11 is 0. The number of hydrazine groups is 1. The van der Waals surface area contributed by atoms with Crippen molar-refractivity contribution in [2.24, 2.45) is 11.8 Å². The van der Waals surface area contributed by atoms with Crippen molar-refractivity contribution >= 4 is 9.84 Å². The van der Waals surface area contributed by atoms with Crippen molar-refractivity contribution in [3.63, 3.8) is 0 Å². The van der Waals surface area contributed by atoms with Crippen LogP contribution in [0.5, 0.6) is 5.75 Å². The van der Waals surface area contributed by atoms with Crippen molar-refractivity contribution in [3.05, 3.63) is 29.8 Å². The Labute approximate surface area is 119 Å². The van der Waals surface area contributed by atoms with Gasteiger partial charge in [-0.3, -0.25) is 11.3 Å². The van der Waals surface area contributed by atoms with Crippen LogP contribution in [-0.2, 0) is 9.84 Å². The van der Waals surface area contributed by atoms with E-state index < -0.39 is 9.84 Å². The van der Waals surface area contributed by atoms with Crippen LogP contribution in [0.1, 0.15) is 30.9 Å². The van der Waals surface area contributed by atoms with E-state index in [2.05, 4.69) is 5.43 Å². The number of hydrogen-bond donors (Lipinski definition) is 2. The van der Waals surface area contributed by atoms with Gasteiger partial charge in [-0.05, 0) is 42.9 Å². The SMILES string of the molecule is NNC(c1cccc(OC2CC2)c1)C1CCS(=O)(=O)C1. The average Bonchev–Trinajstić information content (AvgIpc) is 3.14. The molecule has 20 heavy (non-hydrogen) atoms. The second-order valence-corrected chi connectivity index (χ2v) is 7.93. The minimum atomic E-state index is -2.90. The summed E-state index contributed by atoms with van der Waals surface area (Å²) in [6, 6.07) is 7.65. The Balaban J connectivity index is 1.78. The Kier molecular flexibility index (Phi) is 3.70. The lowest BCUT2D eigenvalue weighted by molar-refractivity contribution is 0.301. The zero-order valence-electron chi connectivity index (χ0n) is 11.3. The minimum Gasteiger partial charge on any atom is -0.490 e. The summed E-state index contributed by atoms with van der Waals surface area (Å²) in [6.07, 6.45) is 3.24. The van der Waals surface area contributed by atoms with Gasteiger partial charge in [0.15, 0.2) is 9.84 Å². The lowest BCUT2D eigenvalue weighted by atomic mass is 9.93. The topological polar surface area (TPSA) is 81.4 Å². The minimum absolute atomic E-state index is 0.0289. The van der Waals surface area contributed by atoms with E-state index in [0.29, 0.717) is 12.5 Å². The van der Waals surface area contributed by atoms with E-state index in [4.69, 9.17) is 10.6 Å². The summed E-state index contributed by atoms with van der Waals surface area (Å²) in [7, 11) is -2.90. The average molecular weight is 296 g/mol. The molecule has 2 fully saturated rings. The third kappa shape index (κ3) is 3.13. The van der Waals surface area contributed by atoms with Gasteiger partial charge in [-0.15, -0.1) is 0 Å². The van der Waals surface area contributed by atoms with Crippen molar-refractivity contribution in [2.75, 3.05) is 11.5 Å². The molecule has 0 bridgehead atoms. The smallest absolute Gasteiger partial charge is 0.150 e. The standard InChI is InChI=1S/C14H20N2O3S/c15-16-14(11-6-7-20(17,18)9-11)10-2-1-3-13(8-10)19-12-4-5-12/h1-3,8,11-12,14,16H,4-7,9,15H2. The lowest BCUT2D eigenvalue weighted by Gasteiger charge is -2.22. The molecule has 2 unspecified atom stereocenters. The fourth-order valence-corrected chi connectivity index (χ4v) is 4.59. The van der Waals surface area contributed by atoms with Gasteiger partial charge in [0, 0.05) is 6.04 Å². The molecule has 2 aliphatic rings. The molecular weight excluding hydrogens is 276 g/mol. The maximum Gasteiger partial charge on any atom is 0.150 e. The molecule has 3 N–H and O–H groups in total. The number of ether oxygens (including phenoxy) is 1. The van der Waals surface area contributed by atoms with Crippen LogP contribution in [-0.4, -0.2) is 26.0 Å². The van der Waals surface area contributed by atoms with Crippen LogP contribution in [0.15, 0.2) is 24.3 Å². The van der Waals surface area contributed by atoms with E-state index in [-0.39, 0.29) is 23.5 Å². The molecule has 0 spiro atoms. The lowest BCUT2D eigenvalue weighted by Crippen LogP contribution is -2.34. The van der Waals surface area contributed by atoms with Crippen molar-refractivity contribution in [2.45, 2.75) is 31.4 Å². The molecule has 1 saturated carbocycles. The summed E-state index contributed by atoms with van der Waals surface area (Å²) in [4.78, 5) is 0. The van der Waals surface area contributed by atoms with E-state index in [1.54, 1.807) is 0 Å². The van der Waals surface area contributed by atoms with Crippen molar-refractivity contribution in [3.8, 4) is 5.75 Å². The molecule has 1 aliphatic carbocycles. The highest BCUT2D eigenvalue weighted by molar-refractivity contribution is 7.91. The molecule has 0 radical (unpaired) electrons. The number of hydrogen-bond acceptors (Lipinski definition) is 5. The maximum atomic E-state index is 11.6. The molecule has 1 aromatic rings. The zero-order chi connectivity index (χ0) is 14.2. The van der Waals surface area contributed by atoms with E-state index in [1.165, 1.54) is 0 Å². The number of nitrogens with two attached hydrogens (primary N) is 1. The molecule has 110 valence electrons. The Morgan fingerprint density at radius 1 is 1.30 bits per heavy atom. The zero-order valence-corrected chi connectivity index (χ0v) is 12.1. The maximum absolute atomic E-state index is 11.6. The quantitative estimate of drug-likeness (QED) is 0.629. The fourth-order valence-electron chi connectivity index (χ4n) is 2.75.